The van der Waals surface area contributed by atoms with Crippen molar-refractivity contribution in [3.8, 4) is 0 Å². The summed E-state index contributed by atoms with van der Waals surface area (Å²) in [6.07, 6.45) is 4.19. The number of amidine groups is 1. The van der Waals surface area contributed by atoms with Crippen molar-refractivity contribution in [1.82, 2.24) is 10.1 Å². The van der Waals surface area contributed by atoms with Crippen LogP contribution >= 0.6 is 11.8 Å². The number of hydrogen-bond acceptors (Lipinski definition) is 7. The van der Waals surface area contributed by atoms with Crippen LogP contribution in [0.5, 0.6) is 0 Å². The van der Waals surface area contributed by atoms with Gasteiger partial charge in [-0.1, -0.05) is 16.9 Å². The van der Waals surface area contributed by atoms with E-state index in [0.29, 0.717) is 16.5 Å². The molecule has 1 atom stereocenters. The van der Waals surface area contributed by atoms with Gasteiger partial charge in [-0.2, -0.15) is 0 Å². The number of pyridine rings is 1. The minimum atomic E-state index is -0.425. The molecule has 0 aromatic carbocycles. The predicted octanol–water partition coefficient (Wildman–Crippen LogP) is 2.30. The fourth-order valence-corrected chi connectivity index (χ4v) is 3.34. The Morgan fingerprint density at radius 1 is 1.43 bits per heavy atom. The van der Waals surface area contributed by atoms with E-state index in [1.165, 1.54) is 0 Å². The van der Waals surface area contributed by atoms with E-state index >= 15 is 0 Å². The van der Waals surface area contributed by atoms with Crippen LogP contribution in [-0.4, -0.2) is 27.0 Å². The largest absolute Gasteiger partial charge is 0.379 e. The molecule has 0 spiro atoms. The molecule has 120 valence electrons. The number of carbonyl (C=O) groups is 1. The fraction of sp³-hybridized carbons (Fsp3) is 0.333. The molecule has 1 aliphatic heterocycles. The molecular formula is C15H17N5O2S. The second kappa shape index (κ2) is 6.04. The molecule has 0 saturated heterocycles. The number of nitrogens with two attached hydrogens (primary N) is 1. The summed E-state index contributed by atoms with van der Waals surface area (Å²) < 4.78 is 4.96. The van der Waals surface area contributed by atoms with Gasteiger partial charge in [-0.25, -0.2) is 0 Å². The zero-order valence-electron chi connectivity index (χ0n) is 12.9. The Labute approximate surface area is 137 Å². The van der Waals surface area contributed by atoms with Gasteiger partial charge in [-0.15, -0.1) is 0 Å². The quantitative estimate of drug-likeness (QED) is 0.894. The number of aryl methyl sites for hydroxylation is 1. The predicted molar refractivity (Wildman–Crippen MR) is 89.5 cm³/mol. The first-order chi connectivity index (χ1) is 11.0. The summed E-state index contributed by atoms with van der Waals surface area (Å²) >= 11 is 1.55. The normalized spacial score (nSPS) is 20.9. The van der Waals surface area contributed by atoms with Crippen molar-refractivity contribution >= 4 is 28.5 Å². The van der Waals surface area contributed by atoms with E-state index < -0.39 is 5.54 Å². The summed E-state index contributed by atoms with van der Waals surface area (Å²) in [4.78, 5) is 20.9. The average Bonchev–Trinajstić information content (AvgIpc) is 2.94. The standard InChI is InChI=1S/C15H17N5O2S/c1-9-5-12(22-20-9)13(21)18-11-6-10(7-17-8-11)15(2)3-4-23-14(16)19-15/h5-8H,3-4H2,1-2H3,(H2,16,19)(H,18,21)/t15-/m0/s1. The van der Waals surface area contributed by atoms with Gasteiger partial charge < -0.3 is 15.6 Å². The molecule has 2 aromatic rings. The van der Waals surface area contributed by atoms with Crippen LogP contribution in [0.2, 0.25) is 0 Å². The third-order valence-electron chi connectivity index (χ3n) is 3.67. The lowest BCUT2D eigenvalue weighted by molar-refractivity contribution is 0.0988. The van der Waals surface area contributed by atoms with Crippen LogP contribution in [0.3, 0.4) is 0 Å². The Morgan fingerprint density at radius 2 is 2.26 bits per heavy atom. The number of rotatable bonds is 3. The van der Waals surface area contributed by atoms with Gasteiger partial charge in [0.25, 0.3) is 5.91 Å². The highest BCUT2D eigenvalue weighted by Crippen LogP contribution is 2.35. The lowest BCUT2D eigenvalue weighted by Gasteiger charge is -2.29. The SMILES string of the molecule is Cc1cc(C(=O)Nc2cncc([C@]3(C)CCSC(N)=N3)c2)on1. The molecule has 0 radical (unpaired) electrons. The van der Waals surface area contributed by atoms with Crippen LogP contribution in [-0.2, 0) is 5.54 Å². The number of aromatic nitrogens is 2. The highest BCUT2D eigenvalue weighted by atomic mass is 32.2. The number of hydrogen-bond donors (Lipinski definition) is 2. The molecule has 0 unspecified atom stereocenters. The van der Waals surface area contributed by atoms with E-state index in [4.69, 9.17) is 10.3 Å². The maximum atomic E-state index is 12.1. The summed E-state index contributed by atoms with van der Waals surface area (Å²) in [7, 11) is 0. The van der Waals surface area contributed by atoms with E-state index in [2.05, 4.69) is 20.4 Å². The van der Waals surface area contributed by atoms with E-state index in [-0.39, 0.29) is 11.7 Å². The molecular weight excluding hydrogens is 314 g/mol. The van der Waals surface area contributed by atoms with Gasteiger partial charge in [-0.3, -0.25) is 14.8 Å². The van der Waals surface area contributed by atoms with Gasteiger partial charge in [0.2, 0.25) is 5.76 Å². The molecule has 3 rings (SSSR count). The van der Waals surface area contributed by atoms with Crippen LogP contribution in [0.15, 0.2) is 34.0 Å². The van der Waals surface area contributed by atoms with E-state index in [0.717, 1.165) is 17.7 Å². The molecule has 8 heteroatoms. The Morgan fingerprint density at radius 3 is 2.96 bits per heavy atom. The van der Waals surface area contributed by atoms with Crippen molar-refractivity contribution in [1.29, 1.82) is 0 Å². The van der Waals surface area contributed by atoms with Crippen molar-refractivity contribution < 1.29 is 9.32 Å². The van der Waals surface area contributed by atoms with Crippen LogP contribution < -0.4 is 11.1 Å². The van der Waals surface area contributed by atoms with Crippen molar-refractivity contribution in [2.45, 2.75) is 25.8 Å². The Hall–Kier alpha value is -2.35. The average molecular weight is 331 g/mol. The third-order valence-corrected chi connectivity index (χ3v) is 4.46. The minimum absolute atomic E-state index is 0.162. The smallest absolute Gasteiger partial charge is 0.294 e. The number of nitrogens with zero attached hydrogens (tertiary/aromatic N) is 3. The van der Waals surface area contributed by atoms with E-state index in [1.807, 2.05) is 13.0 Å². The van der Waals surface area contributed by atoms with Crippen molar-refractivity contribution in [3.63, 3.8) is 0 Å². The van der Waals surface area contributed by atoms with Gasteiger partial charge in [0.05, 0.1) is 23.1 Å². The molecule has 7 nitrogen and oxygen atoms in total. The summed E-state index contributed by atoms with van der Waals surface area (Å²) in [6, 6.07) is 3.44. The van der Waals surface area contributed by atoms with Crippen LogP contribution in [0, 0.1) is 6.92 Å². The zero-order chi connectivity index (χ0) is 16.4. The molecule has 0 saturated carbocycles. The van der Waals surface area contributed by atoms with Crippen LogP contribution in [0.1, 0.15) is 35.2 Å². The highest BCUT2D eigenvalue weighted by Gasteiger charge is 2.30. The van der Waals surface area contributed by atoms with Gasteiger partial charge >= 0.3 is 0 Å². The summed E-state index contributed by atoms with van der Waals surface area (Å²) in [5.41, 5.74) is 7.56. The number of carbonyl (C=O) groups excluding carboxylic acids is 1. The number of nitrogens with one attached hydrogen (secondary N) is 1. The monoisotopic (exact) mass is 331 g/mol. The third kappa shape index (κ3) is 3.37. The van der Waals surface area contributed by atoms with E-state index in [9.17, 15) is 4.79 Å². The van der Waals surface area contributed by atoms with Gasteiger partial charge in [0, 0.05) is 18.0 Å². The summed E-state index contributed by atoms with van der Waals surface area (Å²) in [5.74, 6) is 0.701. The molecule has 0 bridgehead atoms. The lowest BCUT2D eigenvalue weighted by Crippen LogP contribution is -2.29. The molecule has 2 aromatic heterocycles. The number of anilines is 1. The highest BCUT2D eigenvalue weighted by molar-refractivity contribution is 8.13. The number of amides is 1. The molecule has 3 heterocycles. The second-order valence-corrected chi connectivity index (χ2v) is 6.69. The Balaban J connectivity index is 1.83. The van der Waals surface area contributed by atoms with Gasteiger partial charge in [0.15, 0.2) is 5.17 Å². The molecule has 23 heavy (non-hydrogen) atoms. The second-order valence-electron chi connectivity index (χ2n) is 5.57. The van der Waals surface area contributed by atoms with E-state index in [1.54, 1.807) is 37.1 Å². The van der Waals surface area contributed by atoms with Gasteiger partial charge in [0.1, 0.15) is 0 Å². The maximum Gasteiger partial charge on any atom is 0.294 e. The first-order valence-electron chi connectivity index (χ1n) is 7.15. The Kier molecular flexibility index (Phi) is 4.08. The number of aliphatic imine (C=N–C) groups is 1. The topological polar surface area (TPSA) is 106 Å². The molecule has 0 fully saturated rings. The summed E-state index contributed by atoms with van der Waals surface area (Å²) in [6.45, 7) is 3.77. The van der Waals surface area contributed by atoms with Crippen molar-refractivity contribution in [2.24, 2.45) is 10.7 Å². The maximum absolute atomic E-state index is 12.1. The fourth-order valence-electron chi connectivity index (χ4n) is 2.36. The minimum Gasteiger partial charge on any atom is -0.379 e. The van der Waals surface area contributed by atoms with Crippen LogP contribution in [0.4, 0.5) is 5.69 Å². The first-order valence-corrected chi connectivity index (χ1v) is 8.13. The summed E-state index contributed by atoms with van der Waals surface area (Å²) in [5, 5.41) is 7.04. The Bertz CT molecular complexity index is 773. The molecule has 1 amide bonds. The van der Waals surface area contributed by atoms with Gasteiger partial charge in [-0.05, 0) is 31.9 Å². The first kappa shape index (κ1) is 15.5. The zero-order valence-corrected chi connectivity index (χ0v) is 13.7. The molecule has 1 aliphatic rings. The van der Waals surface area contributed by atoms with Crippen molar-refractivity contribution in [2.75, 3.05) is 11.1 Å². The molecule has 3 N–H and O–H groups in total. The number of thioether (sulfide) groups is 1. The molecule has 0 aliphatic carbocycles. The lowest BCUT2D eigenvalue weighted by atomic mass is 9.91. The van der Waals surface area contributed by atoms with Crippen LogP contribution in [0.25, 0.3) is 0 Å². The van der Waals surface area contributed by atoms with Crippen molar-refractivity contribution in [3.05, 3.63) is 41.5 Å².